The minimum absolute atomic E-state index is 0.233. The maximum Gasteiger partial charge on any atom is 0.302 e. The van der Waals surface area contributed by atoms with Crippen LogP contribution in [-0.4, -0.2) is 61.5 Å². The van der Waals surface area contributed by atoms with Gasteiger partial charge in [0.05, 0.1) is 0 Å². The molecule has 6 nitrogen and oxygen atoms in total. The number of aldehydes is 1. The van der Waals surface area contributed by atoms with Crippen LogP contribution < -0.4 is 4.90 Å². The summed E-state index contributed by atoms with van der Waals surface area (Å²) in [6, 6.07) is 1.20. The van der Waals surface area contributed by atoms with Crippen molar-refractivity contribution in [1.29, 1.82) is 0 Å². The lowest BCUT2D eigenvalue weighted by atomic mass is 10.2. The van der Waals surface area contributed by atoms with Crippen molar-refractivity contribution in [2.45, 2.75) is 6.92 Å². The Morgan fingerprint density at radius 1 is 1.43 bits per heavy atom. The fraction of sp³-hybridized carbons (Fsp3) is 0.500. The van der Waals surface area contributed by atoms with Crippen LogP contribution in [-0.2, 0) is 9.53 Å². The molecule has 0 aliphatic carbocycles. The monoisotopic (exact) mass is 295 g/mol. The van der Waals surface area contributed by atoms with Crippen molar-refractivity contribution in [1.82, 2.24) is 9.88 Å². The van der Waals surface area contributed by atoms with Gasteiger partial charge in [-0.3, -0.25) is 14.5 Å². The van der Waals surface area contributed by atoms with E-state index in [1.807, 2.05) is 4.90 Å². The van der Waals surface area contributed by atoms with Crippen LogP contribution in [0, 0.1) is 5.82 Å². The summed E-state index contributed by atoms with van der Waals surface area (Å²) in [5.41, 5.74) is 0.233. The molecule has 1 fully saturated rings. The van der Waals surface area contributed by atoms with E-state index < -0.39 is 5.82 Å². The minimum atomic E-state index is -0.479. The highest BCUT2D eigenvalue weighted by molar-refractivity contribution is 5.74. The molecular weight excluding hydrogens is 277 g/mol. The second-order valence-electron chi connectivity index (χ2n) is 4.86. The molecule has 0 N–H and O–H groups in total. The van der Waals surface area contributed by atoms with Crippen LogP contribution in [0.2, 0.25) is 0 Å². The van der Waals surface area contributed by atoms with Gasteiger partial charge in [-0.25, -0.2) is 9.37 Å². The Kier molecular flexibility index (Phi) is 5.21. The van der Waals surface area contributed by atoms with E-state index in [0.717, 1.165) is 13.1 Å². The van der Waals surface area contributed by atoms with E-state index in [1.54, 1.807) is 0 Å². The van der Waals surface area contributed by atoms with Gasteiger partial charge in [-0.1, -0.05) is 0 Å². The number of esters is 1. The molecule has 1 aromatic rings. The molecule has 0 atom stereocenters. The number of hydrogen-bond acceptors (Lipinski definition) is 6. The van der Waals surface area contributed by atoms with Crippen LogP contribution in [0.5, 0.6) is 0 Å². The van der Waals surface area contributed by atoms with Gasteiger partial charge in [0.2, 0.25) is 0 Å². The fourth-order valence-corrected chi connectivity index (χ4v) is 2.24. The van der Waals surface area contributed by atoms with Crippen LogP contribution in [0.3, 0.4) is 0 Å². The number of nitrogens with zero attached hydrogens (tertiary/aromatic N) is 3. The van der Waals surface area contributed by atoms with Crippen LogP contribution in [0.15, 0.2) is 12.3 Å². The van der Waals surface area contributed by atoms with E-state index in [2.05, 4.69) is 9.88 Å². The zero-order valence-electron chi connectivity index (χ0n) is 11.9. The highest BCUT2D eigenvalue weighted by Gasteiger charge is 2.20. The lowest BCUT2D eigenvalue weighted by Gasteiger charge is -2.35. The Hall–Kier alpha value is -2.02. The first-order chi connectivity index (χ1) is 10.1. The predicted octanol–water partition coefficient (Wildman–Crippen LogP) is 0.718. The van der Waals surface area contributed by atoms with E-state index >= 15 is 0 Å². The van der Waals surface area contributed by atoms with Crippen LogP contribution in [0.1, 0.15) is 17.3 Å². The number of pyridine rings is 1. The molecule has 0 bridgehead atoms. The largest absolute Gasteiger partial charge is 0.465 e. The van der Waals surface area contributed by atoms with Gasteiger partial charge >= 0.3 is 5.97 Å². The first-order valence-corrected chi connectivity index (χ1v) is 6.81. The van der Waals surface area contributed by atoms with Gasteiger partial charge in [0.15, 0.2) is 17.9 Å². The van der Waals surface area contributed by atoms with Crippen molar-refractivity contribution < 1.29 is 18.7 Å². The van der Waals surface area contributed by atoms with E-state index in [4.69, 9.17) is 4.74 Å². The molecule has 2 rings (SSSR count). The Morgan fingerprint density at radius 3 is 2.71 bits per heavy atom. The zero-order chi connectivity index (χ0) is 15.2. The van der Waals surface area contributed by atoms with Gasteiger partial charge in [0.25, 0.3) is 0 Å². The molecule has 0 unspecified atom stereocenters. The van der Waals surface area contributed by atoms with E-state index in [-0.39, 0.29) is 17.4 Å². The van der Waals surface area contributed by atoms with E-state index in [1.165, 1.54) is 19.2 Å². The third-order valence-electron chi connectivity index (χ3n) is 3.36. The molecule has 1 aliphatic heterocycles. The van der Waals surface area contributed by atoms with Gasteiger partial charge in [0, 0.05) is 51.4 Å². The standard InChI is InChI=1S/C14H18FN3O3/c1-11(20)21-7-6-17-2-4-18(5-3-17)14-13(15)8-12(10-19)9-16-14/h8-10H,2-7H2,1H3. The average molecular weight is 295 g/mol. The van der Waals surface area contributed by atoms with E-state index in [0.29, 0.717) is 32.5 Å². The predicted molar refractivity (Wildman–Crippen MR) is 74.9 cm³/mol. The zero-order valence-corrected chi connectivity index (χ0v) is 11.9. The summed E-state index contributed by atoms with van der Waals surface area (Å²) in [5, 5.41) is 0. The average Bonchev–Trinajstić information content (AvgIpc) is 2.47. The van der Waals surface area contributed by atoms with Crippen molar-refractivity contribution in [2.75, 3.05) is 44.2 Å². The lowest BCUT2D eigenvalue weighted by molar-refractivity contribution is -0.141. The van der Waals surface area contributed by atoms with E-state index in [9.17, 15) is 14.0 Å². The van der Waals surface area contributed by atoms with Crippen LogP contribution in [0.4, 0.5) is 10.2 Å². The number of piperazine rings is 1. The third-order valence-corrected chi connectivity index (χ3v) is 3.36. The summed E-state index contributed by atoms with van der Waals surface area (Å²) < 4.78 is 18.8. The first-order valence-electron chi connectivity index (χ1n) is 6.81. The molecule has 114 valence electrons. The maximum absolute atomic E-state index is 13.9. The van der Waals surface area contributed by atoms with Crippen molar-refractivity contribution in [3.63, 3.8) is 0 Å². The van der Waals surface area contributed by atoms with Gasteiger partial charge in [-0.05, 0) is 6.07 Å². The second-order valence-corrected chi connectivity index (χ2v) is 4.86. The SMILES string of the molecule is CC(=O)OCCN1CCN(c2ncc(C=O)cc2F)CC1. The summed E-state index contributed by atoms with van der Waals surface area (Å²) >= 11 is 0. The highest BCUT2D eigenvalue weighted by Crippen LogP contribution is 2.18. The summed E-state index contributed by atoms with van der Waals surface area (Å²) in [4.78, 5) is 29.3. The third kappa shape index (κ3) is 4.22. The minimum Gasteiger partial charge on any atom is -0.465 e. The molecule has 1 aromatic heterocycles. The van der Waals surface area contributed by atoms with Crippen LogP contribution >= 0.6 is 0 Å². The summed E-state index contributed by atoms with van der Waals surface area (Å²) in [6.07, 6.45) is 1.95. The fourth-order valence-electron chi connectivity index (χ4n) is 2.24. The molecule has 1 saturated heterocycles. The Morgan fingerprint density at radius 2 is 2.14 bits per heavy atom. The van der Waals surface area contributed by atoms with Crippen LogP contribution in [0.25, 0.3) is 0 Å². The van der Waals surface area contributed by atoms with Crippen molar-refractivity contribution in [2.24, 2.45) is 0 Å². The number of halogens is 1. The molecule has 0 aromatic carbocycles. The molecule has 0 radical (unpaired) electrons. The number of carbonyl (C=O) groups is 2. The maximum atomic E-state index is 13.9. The summed E-state index contributed by atoms with van der Waals surface area (Å²) in [6.45, 7) is 5.21. The number of ether oxygens (including phenoxy) is 1. The Labute approximate surface area is 122 Å². The Balaban J connectivity index is 1.86. The summed E-state index contributed by atoms with van der Waals surface area (Å²) in [7, 11) is 0. The smallest absolute Gasteiger partial charge is 0.302 e. The highest BCUT2D eigenvalue weighted by atomic mass is 19.1. The molecule has 0 saturated carbocycles. The number of rotatable bonds is 5. The van der Waals surface area contributed by atoms with Crippen molar-refractivity contribution >= 4 is 18.1 Å². The summed E-state index contributed by atoms with van der Waals surface area (Å²) in [5.74, 6) is -0.483. The molecule has 7 heteroatoms. The molecule has 21 heavy (non-hydrogen) atoms. The number of carbonyl (C=O) groups excluding carboxylic acids is 2. The van der Waals surface area contributed by atoms with Gasteiger partial charge in [-0.15, -0.1) is 0 Å². The molecule has 1 aliphatic rings. The molecule has 0 amide bonds. The topological polar surface area (TPSA) is 62.7 Å². The number of anilines is 1. The second kappa shape index (κ2) is 7.12. The molecule has 0 spiro atoms. The Bertz CT molecular complexity index is 516. The lowest BCUT2D eigenvalue weighted by Crippen LogP contribution is -2.48. The van der Waals surface area contributed by atoms with Gasteiger partial charge in [-0.2, -0.15) is 0 Å². The van der Waals surface area contributed by atoms with Gasteiger partial charge in [0.1, 0.15) is 6.61 Å². The molecule has 2 heterocycles. The normalized spacial score (nSPS) is 15.8. The number of aromatic nitrogens is 1. The quantitative estimate of drug-likeness (QED) is 0.589. The van der Waals surface area contributed by atoms with Crippen molar-refractivity contribution in [3.05, 3.63) is 23.6 Å². The first kappa shape index (κ1) is 15.4. The van der Waals surface area contributed by atoms with Crippen molar-refractivity contribution in [3.8, 4) is 0 Å². The molecular formula is C14H18FN3O3. The number of hydrogen-bond donors (Lipinski definition) is 0. The van der Waals surface area contributed by atoms with Gasteiger partial charge < -0.3 is 9.64 Å².